The molecular weight excluding hydrogens is 362 g/mol. The quantitative estimate of drug-likeness (QED) is 0.428. The number of carbonyl (C=O) groups excluding carboxylic acids is 1. The minimum absolute atomic E-state index is 0.0463. The van der Waals surface area contributed by atoms with Gasteiger partial charge in [0.1, 0.15) is 0 Å². The molecule has 4 nitrogen and oxygen atoms in total. The van der Waals surface area contributed by atoms with Gasteiger partial charge in [0.25, 0.3) is 0 Å². The van der Waals surface area contributed by atoms with Gasteiger partial charge in [-0.3, -0.25) is 4.79 Å². The summed E-state index contributed by atoms with van der Waals surface area (Å²) >= 11 is 3.05. The van der Waals surface area contributed by atoms with Crippen LogP contribution in [0.15, 0.2) is 58.9 Å². The summed E-state index contributed by atoms with van der Waals surface area (Å²) in [5.41, 5.74) is 1.98. The molecule has 1 heterocycles. The second-order valence-corrected chi connectivity index (χ2v) is 7.46. The molecule has 0 aliphatic rings. The number of para-hydroxylation sites is 1. The van der Waals surface area contributed by atoms with Crippen LogP contribution in [0, 0.1) is 5.41 Å². The molecule has 1 atom stereocenters. The van der Waals surface area contributed by atoms with E-state index in [2.05, 4.69) is 10.3 Å². The largest absolute Gasteiger partial charge is 0.348 e. The van der Waals surface area contributed by atoms with E-state index in [1.807, 2.05) is 68.4 Å². The average molecular weight is 386 g/mol. The van der Waals surface area contributed by atoms with Crippen LogP contribution in [0.25, 0.3) is 10.2 Å². The Labute approximate surface area is 162 Å². The fourth-order valence-electron chi connectivity index (χ4n) is 2.36. The van der Waals surface area contributed by atoms with Crippen molar-refractivity contribution in [3.8, 4) is 0 Å². The maximum Gasteiger partial charge on any atom is 0.230 e. The zero-order chi connectivity index (χ0) is 18.8. The first-order valence-corrected chi connectivity index (χ1v) is 10.4. The summed E-state index contributed by atoms with van der Waals surface area (Å²) in [5, 5.41) is 10.3. The van der Waals surface area contributed by atoms with Crippen LogP contribution < -0.4 is 5.32 Å². The highest BCUT2D eigenvalue weighted by Gasteiger charge is 2.14. The molecule has 0 radical (unpaired) electrons. The Morgan fingerprint density at radius 1 is 1.19 bits per heavy atom. The van der Waals surface area contributed by atoms with Crippen LogP contribution in [-0.4, -0.2) is 22.9 Å². The Kier molecular flexibility index (Phi) is 8.31. The number of nitrogens with zero attached hydrogens (tertiary/aromatic N) is 1. The van der Waals surface area contributed by atoms with Crippen LogP contribution in [-0.2, 0) is 4.79 Å². The summed E-state index contributed by atoms with van der Waals surface area (Å²) in [6, 6.07) is 17.6. The van der Waals surface area contributed by atoms with E-state index in [-0.39, 0.29) is 11.9 Å². The lowest BCUT2D eigenvalue weighted by molar-refractivity contribution is -0.119. The molecule has 0 aliphatic carbocycles. The number of thioether (sulfide) groups is 1. The predicted molar refractivity (Wildman–Crippen MR) is 112 cm³/mol. The molecule has 0 fully saturated rings. The zero-order valence-electron chi connectivity index (χ0n) is 14.9. The highest BCUT2D eigenvalue weighted by Crippen LogP contribution is 2.29. The van der Waals surface area contributed by atoms with Gasteiger partial charge in [-0.15, -0.1) is 11.3 Å². The molecule has 2 aromatic carbocycles. The number of thiazole rings is 1. The summed E-state index contributed by atoms with van der Waals surface area (Å²) in [4.78, 5) is 16.8. The maximum atomic E-state index is 12.3. The third kappa shape index (κ3) is 5.68. The summed E-state index contributed by atoms with van der Waals surface area (Å²) in [6.07, 6.45) is 1.82. The lowest BCUT2D eigenvalue weighted by atomic mass is 10.0. The van der Waals surface area contributed by atoms with Crippen molar-refractivity contribution in [2.75, 3.05) is 5.75 Å². The van der Waals surface area contributed by atoms with Crippen molar-refractivity contribution in [2.24, 2.45) is 0 Å². The minimum atomic E-state index is -0.160. The summed E-state index contributed by atoms with van der Waals surface area (Å²) < 4.78 is 2.03. The van der Waals surface area contributed by atoms with Crippen molar-refractivity contribution in [1.82, 2.24) is 10.3 Å². The van der Waals surface area contributed by atoms with E-state index < -0.39 is 0 Å². The van der Waals surface area contributed by atoms with Crippen molar-refractivity contribution < 1.29 is 4.79 Å². The second kappa shape index (κ2) is 10.7. The molecule has 1 aromatic heterocycles. The van der Waals surface area contributed by atoms with Crippen LogP contribution in [0.3, 0.4) is 0 Å². The number of hydrogen-bond donors (Lipinski definition) is 2. The first-order valence-electron chi connectivity index (χ1n) is 8.58. The Hall–Kier alpha value is -2.18. The monoisotopic (exact) mass is 385 g/mol. The molecule has 1 unspecified atom stereocenters. The van der Waals surface area contributed by atoms with Gasteiger partial charge in [0, 0.05) is 6.42 Å². The zero-order valence-corrected chi connectivity index (χ0v) is 16.6. The van der Waals surface area contributed by atoms with E-state index in [1.165, 1.54) is 18.0 Å². The topological polar surface area (TPSA) is 65.8 Å². The summed E-state index contributed by atoms with van der Waals surface area (Å²) in [7, 11) is 0. The molecule has 0 saturated heterocycles. The number of benzene rings is 2. The van der Waals surface area contributed by atoms with Gasteiger partial charge >= 0.3 is 0 Å². The molecule has 0 aliphatic heterocycles. The molecule has 136 valence electrons. The number of amides is 1. The molecule has 6 heteroatoms. The van der Waals surface area contributed by atoms with Crippen molar-refractivity contribution in [1.29, 1.82) is 5.41 Å². The Balaban J connectivity index is 0.00000117. The standard InChI is InChI=1S/C18H17N3OS2.C2H6/c19-11-10-14(13-6-2-1-3-7-13)20-17(22)12-23-18-21-15-8-4-5-9-16(15)24-18;1-2/h1-9,11,14,19H,10,12H2,(H,20,22);1-2H3. The van der Waals surface area contributed by atoms with Crippen LogP contribution in [0.2, 0.25) is 0 Å². The van der Waals surface area contributed by atoms with E-state index >= 15 is 0 Å². The number of fused-ring (bicyclic) bond motifs is 1. The van der Waals surface area contributed by atoms with Gasteiger partial charge in [-0.05, 0) is 23.9 Å². The first-order chi connectivity index (χ1) is 12.8. The van der Waals surface area contributed by atoms with Crippen molar-refractivity contribution >= 4 is 45.4 Å². The second-order valence-electron chi connectivity index (χ2n) is 5.21. The van der Waals surface area contributed by atoms with Crippen molar-refractivity contribution in [3.05, 3.63) is 60.2 Å². The lowest BCUT2D eigenvalue weighted by Gasteiger charge is -2.17. The first kappa shape index (κ1) is 20.1. The van der Waals surface area contributed by atoms with Gasteiger partial charge < -0.3 is 10.7 Å². The number of hydrogen-bond acceptors (Lipinski definition) is 5. The van der Waals surface area contributed by atoms with Gasteiger partial charge in [-0.2, -0.15) is 0 Å². The van der Waals surface area contributed by atoms with E-state index in [9.17, 15) is 4.79 Å². The Morgan fingerprint density at radius 3 is 2.58 bits per heavy atom. The predicted octanol–water partition coefficient (Wildman–Crippen LogP) is 5.31. The van der Waals surface area contributed by atoms with Crippen LogP contribution in [0.4, 0.5) is 0 Å². The van der Waals surface area contributed by atoms with Gasteiger partial charge in [0.15, 0.2) is 4.34 Å². The Bertz CT molecular complexity index is 800. The molecule has 0 bridgehead atoms. The SMILES string of the molecule is CC.N=CCC(NC(=O)CSc1nc2ccccc2s1)c1ccccc1. The number of nitrogens with one attached hydrogen (secondary N) is 2. The highest BCUT2D eigenvalue weighted by molar-refractivity contribution is 8.01. The highest BCUT2D eigenvalue weighted by atomic mass is 32.2. The Morgan fingerprint density at radius 2 is 1.88 bits per heavy atom. The molecule has 1 amide bonds. The van der Waals surface area contributed by atoms with Crippen LogP contribution >= 0.6 is 23.1 Å². The van der Waals surface area contributed by atoms with Crippen molar-refractivity contribution in [2.45, 2.75) is 30.6 Å². The average Bonchev–Trinajstić information content (AvgIpc) is 3.11. The molecule has 3 aromatic rings. The van der Waals surface area contributed by atoms with Gasteiger partial charge in [-0.1, -0.05) is 68.1 Å². The summed E-state index contributed by atoms with van der Waals surface area (Å²) in [5.74, 6) is 0.274. The molecule has 2 N–H and O–H groups in total. The summed E-state index contributed by atoms with van der Waals surface area (Å²) in [6.45, 7) is 4.00. The van der Waals surface area contributed by atoms with Gasteiger partial charge in [0.05, 0.1) is 22.0 Å². The number of carbonyl (C=O) groups is 1. The van der Waals surface area contributed by atoms with Gasteiger partial charge in [0.2, 0.25) is 5.91 Å². The molecule has 26 heavy (non-hydrogen) atoms. The van der Waals surface area contributed by atoms with E-state index in [1.54, 1.807) is 11.3 Å². The molecule has 0 spiro atoms. The third-order valence-corrected chi connectivity index (χ3v) is 5.67. The molecular formula is C20H23N3OS2. The lowest BCUT2D eigenvalue weighted by Crippen LogP contribution is -2.30. The van der Waals surface area contributed by atoms with Crippen molar-refractivity contribution in [3.63, 3.8) is 0 Å². The van der Waals surface area contributed by atoms with Crippen LogP contribution in [0.5, 0.6) is 0 Å². The fraction of sp³-hybridized carbons (Fsp3) is 0.250. The third-order valence-electron chi connectivity index (χ3n) is 3.49. The van der Waals surface area contributed by atoms with E-state index in [0.29, 0.717) is 12.2 Å². The minimum Gasteiger partial charge on any atom is -0.348 e. The van der Waals surface area contributed by atoms with E-state index in [4.69, 9.17) is 5.41 Å². The normalized spacial score (nSPS) is 11.3. The number of aromatic nitrogens is 1. The molecule has 0 saturated carbocycles. The fourth-order valence-corrected chi connectivity index (χ4v) is 4.24. The smallest absolute Gasteiger partial charge is 0.230 e. The number of rotatable bonds is 7. The molecule has 3 rings (SSSR count). The van der Waals surface area contributed by atoms with Crippen LogP contribution in [0.1, 0.15) is 31.9 Å². The maximum absolute atomic E-state index is 12.3. The van der Waals surface area contributed by atoms with Gasteiger partial charge in [-0.25, -0.2) is 4.98 Å². The van der Waals surface area contributed by atoms with E-state index in [0.717, 1.165) is 20.1 Å².